The van der Waals surface area contributed by atoms with E-state index in [1.165, 1.54) is 0 Å². The summed E-state index contributed by atoms with van der Waals surface area (Å²) in [7, 11) is 0. The van der Waals surface area contributed by atoms with Crippen LogP contribution < -0.4 is 5.32 Å². The standard InChI is InChI=1S/C35H47NO18/c1-17(14-25-12-10-9-11-13-25)36-34(45)28(44)31(50-22(6)41)29(26(48-20(4)39)15-46-18(2)37)54-35-33(52-24(8)43)32(51-23(7)42)30(49-21(5)40)27(53-35)16-47-19(3)38/h9-13,17,26-33,35,44H,14-16H2,1-8H3,(H,36,45). The molecule has 2 N–H and O–H groups in total. The quantitative estimate of drug-likeness (QED) is 0.147. The molecular formula is C35H47NO18. The average molecular weight is 770 g/mol. The topological polar surface area (TPSA) is 252 Å². The highest BCUT2D eigenvalue weighted by molar-refractivity contribution is 5.82. The minimum Gasteiger partial charge on any atom is -0.463 e. The minimum atomic E-state index is -2.28. The van der Waals surface area contributed by atoms with Crippen molar-refractivity contribution < 1.29 is 86.1 Å². The molecule has 1 aliphatic heterocycles. The molecule has 1 heterocycles. The number of carbonyl (C=O) groups is 8. The number of rotatable bonds is 18. The number of nitrogens with one attached hydrogen (secondary N) is 1. The molecule has 19 nitrogen and oxygen atoms in total. The molecule has 1 fully saturated rings. The molecule has 1 amide bonds. The second kappa shape index (κ2) is 21.5. The summed E-state index contributed by atoms with van der Waals surface area (Å²) in [6.07, 6.45) is -16.5. The SMILES string of the molecule is CC(=O)OCC(OC(C)=O)C(OC1OC(COC(C)=O)C(OC(C)=O)C(OC(C)=O)C1OC(C)=O)C(OC(C)=O)C(O)C(=O)NC(C)Cc1ccccc1. The fourth-order valence-corrected chi connectivity index (χ4v) is 5.44. The van der Waals surface area contributed by atoms with Gasteiger partial charge < -0.3 is 53.1 Å². The molecule has 300 valence electrons. The predicted molar refractivity (Wildman–Crippen MR) is 178 cm³/mol. The third-order valence-corrected chi connectivity index (χ3v) is 7.35. The Hall–Kier alpha value is -5.14. The molecule has 1 aromatic rings. The van der Waals surface area contributed by atoms with Crippen molar-refractivity contribution in [2.45, 2.75) is 123 Å². The summed E-state index contributed by atoms with van der Waals surface area (Å²) in [6.45, 7) is 7.17. The number of carbonyl (C=O) groups excluding carboxylic acids is 8. The van der Waals surface area contributed by atoms with Gasteiger partial charge in [0.2, 0.25) is 0 Å². The summed E-state index contributed by atoms with van der Waals surface area (Å²) < 4.78 is 49.3. The van der Waals surface area contributed by atoms with Crippen LogP contribution in [-0.4, -0.2) is 127 Å². The average Bonchev–Trinajstić information content (AvgIpc) is 3.05. The fraction of sp³-hybridized carbons (Fsp3) is 0.600. The van der Waals surface area contributed by atoms with E-state index in [1.807, 2.05) is 12.1 Å². The van der Waals surface area contributed by atoms with Gasteiger partial charge in [0.15, 0.2) is 42.9 Å². The summed E-state index contributed by atoms with van der Waals surface area (Å²) in [4.78, 5) is 99.1. The van der Waals surface area contributed by atoms with Crippen LogP contribution in [0, 0.1) is 0 Å². The Kier molecular flexibility index (Phi) is 18.0. The molecule has 0 aliphatic carbocycles. The van der Waals surface area contributed by atoms with Crippen molar-refractivity contribution in [2.24, 2.45) is 0 Å². The molecule has 10 unspecified atom stereocenters. The van der Waals surface area contributed by atoms with Crippen LogP contribution in [0.1, 0.15) is 61.0 Å². The molecule has 0 aromatic heterocycles. The second-order valence-corrected chi connectivity index (χ2v) is 12.2. The van der Waals surface area contributed by atoms with Gasteiger partial charge in [-0.25, -0.2) is 0 Å². The van der Waals surface area contributed by atoms with Crippen molar-refractivity contribution in [2.75, 3.05) is 13.2 Å². The molecule has 1 aromatic carbocycles. The highest BCUT2D eigenvalue weighted by Gasteiger charge is 2.55. The fourth-order valence-electron chi connectivity index (χ4n) is 5.44. The molecule has 0 bridgehead atoms. The van der Waals surface area contributed by atoms with Crippen molar-refractivity contribution >= 4 is 47.7 Å². The molecular weight excluding hydrogens is 722 g/mol. The van der Waals surface area contributed by atoms with Crippen LogP contribution in [0.15, 0.2) is 30.3 Å². The largest absolute Gasteiger partial charge is 0.463 e. The van der Waals surface area contributed by atoms with E-state index in [4.69, 9.17) is 42.6 Å². The Morgan fingerprint density at radius 1 is 0.685 bits per heavy atom. The smallest absolute Gasteiger partial charge is 0.303 e. The Morgan fingerprint density at radius 2 is 1.22 bits per heavy atom. The molecule has 2 rings (SSSR count). The lowest BCUT2D eigenvalue weighted by molar-refractivity contribution is -0.331. The van der Waals surface area contributed by atoms with E-state index >= 15 is 0 Å². The summed E-state index contributed by atoms with van der Waals surface area (Å²) in [5.74, 6) is -7.65. The zero-order valence-corrected chi connectivity index (χ0v) is 31.2. The maximum atomic E-state index is 13.5. The number of aliphatic hydroxyl groups excluding tert-OH is 1. The van der Waals surface area contributed by atoms with Crippen LogP contribution in [0.4, 0.5) is 0 Å². The Bertz CT molecular complexity index is 1480. The van der Waals surface area contributed by atoms with E-state index in [1.54, 1.807) is 25.1 Å². The molecule has 0 spiro atoms. The zero-order valence-electron chi connectivity index (χ0n) is 31.2. The third-order valence-electron chi connectivity index (χ3n) is 7.35. The van der Waals surface area contributed by atoms with Gasteiger partial charge in [0.25, 0.3) is 5.91 Å². The van der Waals surface area contributed by atoms with Gasteiger partial charge >= 0.3 is 41.8 Å². The number of amides is 1. The zero-order chi connectivity index (χ0) is 40.7. The van der Waals surface area contributed by atoms with Gasteiger partial charge in [-0.05, 0) is 18.9 Å². The highest BCUT2D eigenvalue weighted by atomic mass is 16.8. The summed E-state index contributed by atoms with van der Waals surface area (Å²) in [5, 5.41) is 14.1. The Labute approximate surface area is 311 Å². The summed E-state index contributed by atoms with van der Waals surface area (Å²) >= 11 is 0. The van der Waals surface area contributed by atoms with Gasteiger partial charge in [0, 0.05) is 54.5 Å². The first kappa shape index (κ1) is 45.0. The van der Waals surface area contributed by atoms with Crippen molar-refractivity contribution in [3.8, 4) is 0 Å². The van der Waals surface area contributed by atoms with Gasteiger partial charge in [0.05, 0.1) is 0 Å². The molecule has 19 heteroatoms. The molecule has 10 atom stereocenters. The molecule has 0 radical (unpaired) electrons. The van der Waals surface area contributed by atoms with Gasteiger partial charge in [-0.2, -0.15) is 0 Å². The maximum absolute atomic E-state index is 13.5. The highest BCUT2D eigenvalue weighted by Crippen LogP contribution is 2.32. The van der Waals surface area contributed by atoms with Crippen molar-refractivity contribution in [3.05, 3.63) is 35.9 Å². The van der Waals surface area contributed by atoms with Crippen LogP contribution in [0.5, 0.6) is 0 Å². The van der Waals surface area contributed by atoms with Crippen LogP contribution in [0.2, 0.25) is 0 Å². The van der Waals surface area contributed by atoms with Gasteiger partial charge in [-0.1, -0.05) is 30.3 Å². The van der Waals surface area contributed by atoms with E-state index in [9.17, 15) is 43.5 Å². The first-order valence-electron chi connectivity index (χ1n) is 16.7. The lowest BCUT2D eigenvalue weighted by Crippen LogP contribution is -2.65. The maximum Gasteiger partial charge on any atom is 0.303 e. The van der Waals surface area contributed by atoms with Crippen molar-refractivity contribution in [1.82, 2.24) is 5.32 Å². The third kappa shape index (κ3) is 15.1. The second-order valence-electron chi connectivity index (χ2n) is 12.2. The number of hydrogen-bond donors (Lipinski definition) is 2. The molecule has 1 saturated heterocycles. The molecule has 54 heavy (non-hydrogen) atoms. The van der Waals surface area contributed by atoms with E-state index in [-0.39, 0.29) is 0 Å². The summed E-state index contributed by atoms with van der Waals surface area (Å²) in [5.41, 5.74) is 0.845. The number of aliphatic hydroxyl groups is 1. The lowest BCUT2D eigenvalue weighted by atomic mass is 9.97. The monoisotopic (exact) mass is 769 g/mol. The lowest BCUT2D eigenvalue weighted by Gasteiger charge is -2.46. The first-order chi connectivity index (χ1) is 25.3. The van der Waals surface area contributed by atoms with Crippen LogP contribution in [-0.2, 0) is 87.4 Å². The van der Waals surface area contributed by atoms with Crippen molar-refractivity contribution in [3.63, 3.8) is 0 Å². The normalized spacial score (nSPS) is 22.1. The number of ether oxygens (including phenoxy) is 9. The van der Waals surface area contributed by atoms with E-state index < -0.39 is 122 Å². The first-order valence-corrected chi connectivity index (χ1v) is 16.7. The van der Waals surface area contributed by atoms with Crippen molar-refractivity contribution in [1.29, 1.82) is 0 Å². The molecule has 0 saturated carbocycles. The Morgan fingerprint density at radius 3 is 1.74 bits per heavy atom. The Balaban J connectivity index is 2.74. The van der Waals surface area contributed by atoms with E-state index in [0.29, 0.717) is 6.42 Å². The van der Waals surface area contributed by atoms with Crippen LogP contribution in [0.25, 0.3) is 0 Å². The van der Waals surface area contributed by atoms with Gasteiger partial charge in [-0.3, -0.25) is 38.4 Å². The summed E-state index contributed by atoms with van der Waals surface area (Å²) in [6, 6.07) is 8.44. The predicted octanol–water partition coefficient (Wildman–Crippen LogP) is -0.0105. The van der Waals surface area contributed by atoms with E-state index in [2.05, 4.69) is 5.32 Å². The number of hydrogen-bond acceptors (Lipinski definition) is 18. The molecule has 1 aliphatic rings. The van der Waals surface area contributed by atoms with Crippen LogP contribution in [0.3, 0.4) is 0 Å². The van der Waals surface area contributed by atoms with Gasteiger partial charge in [0.1, 0.15) is 25.4 Å². The number of esters is 7. The number of benzene rings is 1. The minimum absolute atomic E-state index is 0.324. The van der Waals surface area contributed by atoms with Crippen LogP contribution >= 0.6 is 0 Å². The van der Waals surface area contributed by atoms with Gasteiger partial charge in [-0.15, -0.1) is 0 Å². The van der Waals surface area contributed by atoms with E-state index in [0.717, 1.165) is 54.0 Å².